The molecule has 0 bridgehead atoms. The van der Waals surface area contributed by atoms with E-state index in [2.05, 4.69) is 16.6 Å². The quantitative estimate of drug-likeness (QED) is 0.246. The second-order valence-electron chi connectivity index (χ2n) is 1.54. The molecular weight excluding hydrogens is 134 g/mol. The molecule has 10 heavy (non-hydrogen) atoms. The third kappa shape index (κ3) is 2.79. The summed E-state index contributed by atoms with van der Waals surface area (Å²) >= 11 is 0. The van der Waals surface area contributed by atoms with Gasteiger partial charge in [0.05, 0.1) is 0 Å². The van der Waals surface area contributed by atoms with E-state index in [4.69, 9.17) is 0 Å². The van der Waals surface area contributed by atoms with Crippen molar-refractivity contribution in [2.75, 3.05) is 0 Å². The highest BCUT2D eigenvalue weighted by Gasteiger charge is 2.08. The lowest BCUT2D eigenvalue weighted by molar-refractivity contribution is -0.124. The topological polar surface area (TPSA) is 55.7 Å². The summed E-state index contributed by atoms with van der Waals surface area (Å²) < 4.78 is 0. The average Bonchev–Trinajstić information content (AvgIpc) is 1.98. The first-order valence-corrected chi connectivity index (χ1v) is 2.61. The minimum absolute atomic E-state index is 0.320. The number of nitrogens with zero attached hydrogens (tertiary/aromatic N) is 1. The molecule has 0 amide bonds. The zero-order valence-corrected chi connectivity index (χ0v) is 5.53. The molecule has 0 aliphatic heterocycles. The highest BCUT2D eigenvalue weighted by molar-refractivity contribution is 5.92. The first kappa shape index (κ1) is 8.59. The van der Waals surface area contributed by atoms with Gasteiger partial charge in [0.1, 0.15) is 0 Å². The lowest BCUT2D eigenvalue weighted by Crippen LogP contribution is -2.15. The van der Waals surface area contributed by atoms with Crippen molar-refractivity contribution in [3.8, 4) is 0 Å². The number of ketones is 1. The van der Waals surface area contributed by atoms with E-state index >= 15 is 0 Å². The number of hydrogen-bond donors (Lipinski definition) is 0. The van der Waals surface area contributed by atoms with Gasteiger partial charge in [-0.05, 0) is 13.0 Å². The fourth-order valence-electron chi connectivity index (χ4n) is 0.318. The van der Waals surface area contributed by atoms with Crippen LogP contribution in [0.4, 0.5) is 0 Å². The molecule has 0 aromatic heterocycles. The van der Waals surface area contributed by atoms with Crippen LogP contribution in [-0.2, 0) is 14.4 Å². The number of hydrogen-bond acceptors (Lipinski definition) is 4. The van der Waals surface area contributed by atoms with Gasteiger partial charge in [0, 0.05) is 5.16 Å². The van der Waals surface area contributed by atoms with E-state index in [0.29, 0.717) is 0 Å². The Morgan fingerprint density at radius 2 is 2.50 bits per heavy atom. The van der Waals surface area contributed by atoms with Crippen molar-refractivity contribution in [3.05, 3.63) is 12.7 Å². The molecule has 0 N–H and O–H groups in total. The predicted octanol–water partition coefficient (Wildman–Crippen LogP) is 0.397. The zero-order chi connectivity index (χ0) is 7.98. The van der Waals surface area contributed by atoms with E-state index in [1.54, 1.807) is 0 Å². The molecule has 0 aliphatic rings. The largest absolute Gasteiger partial charge is 0.375 e. The van der Waals surface area contributed by atoms with Gasteiger partial charge < -0.3 is 4.84 Å². The summed E-state index contributed by atoms with van der Waals surface area (Å²) in [7, 11) is 0. The molecule has 1 atom stereocenters. The maximum atomic E-state index is 10.6. The number of carbonyl (C=O) groups is 1. The maximum absolute atomic E-state index is 10.6. The molecule has 1 unspecified atom stereocenters. The van der Waals surface area contributed by atoms with Gasteiger partial charge >= 0.3 is 0 Å². The Morgan fingerprint density at radius 1 is 1.90 bits per heavy atom. The monoisotopic (exact) mass is 141 g/mol. The Labute approximate surface area is 58.2 Å². The van der Waals surface area contributed by atoms with E-state index in [0.717, 1.165) is 12.2 Å². The van der Waals surface area contributed by atoms with Crippen LogP contribution in [0.25, 0.3) is 0 Å². The molecule has 0 radical (unpaired) electrons. The molecule has 0 aromatic rings. The first-order chi connectivity index (χ1) is 4.72. The molecule has 0 saturated carbocycles. The minimum atomic E-state index is -0.751. The standard InChI is InChI=1S/C6H7NO3/c1-3-6(9)5(2)10-7-4-8/h3,5H,1H2,2H3. The van der Waals surface area contributed by atoms with Gasteiger partial charge in [-0.2, -0.15) is 0 Å². The normalized spacial score (nSPS) is 10.9. The summed E-state index contributed by atoms with van der Waals surface area (Å²) in [6.45, 7) is 4.68. The van der Waals surface area contributed by atoms with Crippen molar-refractivity contribution >= 4 is 11.9 Å². The molecule has 54 valence electrons. The first-order valence-electron chi connectivity index (χ1n) is 2.61. The molecule has 0 aromatic carbocycles. The van der Waals surface area contributed by atoms with Gasteiger partial charge in [0.15, 0.2) is 11.9 Å². The molecule has 0 spiro atoms. The fourth-order valence-corrected chi connectivity index (χ4v) is 0.318. The van der Waals surface area contributed by atoms with Gasteiger partial charge in [-0.15, -0.1) is 0 Å². The van der Waals surface area contributed by atoms with Crippen molar-refractivity contribution in [1.29, 1.82) is 0 Å². The molecule has 4 nitrogen and oxygen atoms in total. The molecule has 4 heteroatoms. The number of isocyanates is 1. The zero-order valence-electron chi connectivity index (χ0n) is 5.53. The van der Waals surface area contributed by atoms with Gasteiger partial charge in [-0.3, -0.25) is 4.79 Å². The summed E-state index contributed by atoms with van der Waals surface area (Å²) in [6, 6.07) is 0. The van der Waals surface area contributed by atoms with Crippen molar-refractivity contribution in [1.82, 2.24) is 0 Å². The van der Waals surface area contributed by atoms with Crippen LogP contribution in [0, 0.1) is 0 Å². The number of rotatable bonds is 4. The average molecular weight is 141 g/mol. The fraction of sp³-hybridized carbons (Fsp3) is 0.333. The number of carbonyl (C=O) groups excluding carboxylic acids is 2. The van der Waals surface area contributed by atoms with Crippen LogP contribution in [-0.4, -0.2) is 18.0 Å². The van der Waals surface area contributed by atoms with E-state index in [1.165, 1.54) is 6.92 Å². The molecular formula is C6H7NO3. The van der Waals surface area contributed by atoms with Crippen LogP contribution in [0.1, 0.15) is 6.92 Å². The van der Waals surface area contributed by atoms with Gasteiger partial charge in [0.25, 0.3) is 6.08 Å². The summed E-state index contributed by atoms with van der Waals surface area (Å²) in [6.07, 6.45) is 1.50. The van der Waals surface area contributed by atoms with Crippen molar-refractivity contribution in [2.24, 2.45) is 5.16 Å². The Hall–Kier alpha value is -1.41. The molecule has 0 rings (SSSR count). The highest BCUT2D eigenvalue weighted by Crippen LogP contribution is 1.92. The Kier molecular flexibility index (Phi) is 3.84. The Balaban J connectivity index is 3.83. The second-order valence-corrected chi connectivity index (χ2v) is 1.54. The molecule has 0 aliphatic carbocycles. The third-order valence-corrected chi connectivity index (χ3v) is 0.850. The van der Waals surface area contributed by atoms with Gasteiger partial charge in [0.2, 0.25) is 0 Å². The summed E-state index contributed by atoms with van der Waals surface area (Å²) in [4.78, 5) is 24.4. The van der Waals surface area contributed by atoms with E-state index in [-0.39, 0.29) is 5.78 Å². The predicted molar refractivity (Wildman–Crippen MR) is 33.9 cm³/mol. The van der Waals surface area contributed by atoms with Crippen LogP contribution in [0.2, 0.25) is 0 Å². The third-order valence-electron chi connectivity index (χ3n) is 0.850. The highest BCUT2D eigenvalue weighted by atomic mass is 16.6. The summed E-state index contributed by atoms with van der Waals surface area (Å²) in [5, 5.41) is 2.77. The van der Waals surface area contributed by atoms with Crippen molar-refractivity contribution in [3.63, 3.8) is 0 Å². The van der Waals surface area contributed by atoms with Crippen LogP contribution >= 0.6 is 0 Å². The van der Waals surface area contributed by atoms with Crippen LogP contribution < -0.4 is 0 Å². The van der Waals surface area contributed by atoms with Crippen molar-refractivity contribution in [2.45, 2.75) is 13.0 Å². The molecule has 0 saturated heterocycles. The molecule has 0 heterocycles. The SMILES string of the molecule is C=CC(=O)C(C)ON=C=O. The van der Waals surface area contributed by atoms with E-state index in [9.17, 15) is 9.59 Å². The Bertz CT molecular complexity index is 181. The maximum Gasteiger partial charge on any atom is 0.276 e. The van der Waals surface area contributed by atoms with E-state index in [1.807, 2.05) is 0 Å². The summed E-state index contributed by atoms with van der Waals surface area (Å²) in [5.74, 6) is -0.320. The van der Waals surface area contributed by atoms with Gasteiger partial charge in [-0.25, -0.2) is 4.79 Å². The summed E-state index contributed by atoms with van der Waals surface area (Å²) in [5.41, 5.74) is 0. The lowest BCUT2D eigenvalue weighted by Gasteiger charge is -2.01. The van der Waals surface area contributed by atoms with Crippen LogP contribution in [0.15, 0.2) is 17.8 Å². The smallest absolute Gasteiger partial charge is 0.276 e. The van der Waals surface area contributed by atoms with E-state index < -0.39 is 6.10 Å². The van der Waals surface area contributed by atoms with Crippen molar-refractivity contribution < 1.29 is 14.4 Å². The van der Waals surface area contributed by atoms with Gasteiger partial charge in [-0.1, -0.05) is 6.58 Å². The van der Waals surface area contributed by atoms with Crippen LogP contribution in [0.5, 0.6) is 0 Å². The second kappa shape index (κ2) is 4.47. The molecule has 0 fully saturated rings. The van der Waals surface area contributed by atoms with Crippen LogP contribution in [0.3, 0.4) is 0 Å². The minimum Gasteiger partial charge on any atom is -0.375 e. The lowest BCUT2D eigenvalue weighted by atomic mass is 10.3. The Morgan fingerprint density at radius 3 is 2.90 bits per heavy atom.